The van der Waals surface area contributed by atoms with Crippen LogP contribution in [0.25, 0.3) is 0 Å². The normalized spacial score (nSPS) is 11.1. The van der Waals surface area contributed by atoms with Crippen molar-refractivity contribution >= 4 is 23.8 Å². The fourth-order valence-electron chi connectivity index (χ4n) is 2.77. The lowest BCUT2D eigenvalue weighted by atomic mass is 10.2. The average molecular weight is 506 g/mol. The third-order valence-corrected chi connectivity index (χ3v) is 4.34. The molecular weight excluding hydrogens is 492 g/mol. The van der Waals surface area contributed by atoms with Gasteiger partial charge in [0, 0.05) is 24.6 Å². The van der Waals surface area contributed by atoms with Gasteiger partial charge in [-0.2, -0.15) is 0 Å². The second-order valence-corrected chi connectivity index (χ2v) is 7.07. The van der Waals surface area contributed by atoms with Gasteiger partial charge in [0.15, 0.2) is 23.3 Å². The van der Waals surface area contributed by atoms with Gasteiger partial charge in [-0.25, -0.2) is 35.1 Å². The second-order valence-electron chi connectivity index (χ2n) is 7.07. The van der Waals surface area contributed by atoms with Crippen LogP contribution in [-0.4, -0.2) is 12.4 Å². The molecule has 2 nitrogen and oxygen atoms in total. The Hall–Kier alpha value is -4.34. The molecule has 0 atom stereocenters. The molecule has 184 valence electrons. The maximum Gasteiger partial charge on any atom is 0.184 e. The highest BCUT2D eigenvalue weighted by Gasteiger charge is 2.07. The predicted molar refractivity (Wildman–Crippen MR) is 120 cm³/mol. The van der Waals surface area contributed by atoms with Crippen LogP contribution < -0.4 is 0 Å². The molecule has 0 radical (unpaired) electrons. The lowest BCUT2D eigenvalue weighted by molar-refractivity contribution is 0.510. The van der Waals surface area contributed by atoms with Crippen LogP contribution in [-0.2, 0) is 0 Å². The molecule has 0 aliphatic carbocycles. The SMILES string of the molecule is Fc1cc(F)cc(C=Nc2cccc(F)c2F)c1.Fc1cc(F)cc(C=Nc2cccc(F)c2F)c1. The Morgan fingerprint density at radius 3 is 1.11 bits per heavy atom. The third kappa shape index (κ3) is 7.33. The van der Waals surface area contributed by atoms with Crippen molar-refractivity contribution in [3.63, 3.8) is 0 Å². The number of halogens is 8. The zero-order valence-corrected chi connectivity index (χ0v) is 18.0. The first kappa shape index (κ1) is 26.3. The van der Waals surface area contributed by atoms with Crippen molar-refractivity contribution in [1.29, 1.82) is 0 Å². The van der Waals surface area contributed by atoms with Crippen molar-refractivity contribution in [3.05, 3.63) is 130 Å². The largest absolute Gasteiger partial charge is 0.253 e. The molecule has 0 aliphatic heterocycles. The monoisotopic (exact) mass is 506 g/mol. The van der Waals surface area contributed by atoms with Crippen LogP contribution in [0, 0.1) is 46.5 Å². The van der Waals surface area contributed by atoms with Crippen molar-refractivity contribution in [2.24, 2.45) is 9.98 Å². The highest BCUT2D eigenvalue weighted by atomic mass is 19.2. The minimum atomic E-state index is -1.11. The van der Waals surface area contributed by atoms with E-state index >= 15 is 0 Å². The van der Waals surface area contributed by atoms with Gasteiger partial charge < -0.3 is 0 Å². The Morgan fingerprint density at radius 1 is 0.444 bits per heavy atom. The van der Waals surface area contributed by atoms with Gasteiger partial charge in [0.25, 0.3) is 0 Å². The number of hydrogen-bond acceptors (Lipinski definition) is 2. The fourth-order valence-corrected chi connectivity index (χ4v) is 2.77. The predicted octanol–water partition coefficient (Wildman–Crippen LogP) is 7.99. The van der Waals surface area contributed by atoms with Gasteiger partial charge in [-0.05, 0) is 59.7 Å². The molecule has 0 amide bonds. The van der Waals surface area contributed by atoms with Crippen LogP contribution in [0.5, 0.6) is 0 Å². The molecule has 0 heterocycles. The van der Waals surface area contributed by atoms with E-state index in [2.05, 4.69) is 9.98 Å². The summed E-state index contributed by atoms with van der Waals surface area (Å²) in [6.45, 7) is 0. The Kier molecular flexibility index (Phi) is 8.66. The molecule has 0 saturated heterocycles. The molecule has 36 heavy (non-hydrogen) atoms. The molecule has 4 aromatic rings. The number of benzene rings is 4. The Bertz CT molecular complexity index is 1280. The van der Waals surface area contributed by atoms with E-state index < -0.39 is 46.5 Å². The molecule has 0 spiro atoms. The summed E-state index contributed by atoms with van der Waals surface area (Å²) in [5.41, 5.74) is -0.230. The van der Waals surface area contributed by atoms with Crippen LogP contribution in [0.3, 0.4) is 0 Å². The third-order valence-electron chi connectivity index (χ3n) is 4.34. The number of aliphatic imine (C=N–C) groups is 2. The lowest BCUT2D eigenvalue weighted by Crippen LogP contribution is -1.88. The first-order valence-corrected chi connectivity index (χ1v) is 10.0. The highest BCUT2D eigenvalue weighted by molar-refractivity contribution is 5.82. The molecule has 0 N–H and O–H groups in total. The Labute approximate surface area is 199 Å². The molecule has 4 rings (SSSR count). The first-order valence-electron chi connectivity index (χ1n) is 10.0. The molecule has 0 aliphatic rings. The quantitative estimate of drug-likeness (QED) is 0.198. The van der Waals surface area contributed by atoms with Gasteiger partial charge in [-0.3, -0.25) is 9.98 Å². The topological polar surface area (TPSA) is 24.7 Å². The van der Waals surface area contributed by atoms with Crippen LogP contribution in [0.2, 0.25) is 0 Å². The molecule has 0 unspecified atom stereocenters. The lowest BCUT2D eigenvalue weighted by Gasteiger charge is -1.98. The summed E-state index contributed by atoms with van der Waals surface area (Å²) in [4.78, 5) is 7.29. The standard InChI is InChI=1S/2C13H7F4N/c2*14-9-4-8(5-10(15)6-9)7-18-12-3-1-2-11(16)13(12)17/h2*1-7H. The van der Waals surface area contributed by atoms with E-state index in [1.807, 2.05) is 0 Å². The van der Waals surface area contributed by atoms with Gasteiger partial charge in [0.1, 0.15) is 34.6 Å². The van der Waals surface area contributed by atoms with Gasteiger partial charge in [-0.1, -0.05) is 12.1 Å². The summed E-state index contributed by atoms with van der Waals surface area (Å²) in [5, 5.41) is 0. The van der Waals surface area contributed by atoms with Gasteiger partial charge in [-0.15, -0.1) is 0 Å². The molecule has 10 heteroatoms. The summed E-state index contributed by atoms with van der Waals surface area (Å²) in [6, 6.07) is 12.5. The van der Waals surface area contributed by atoms with Gasteiger partial charge in [0.05, 0.1) is 0 Å². The van der Waals surface area contributed by atoms with E-state index in [1.54, 1.807) is 0 Å². The Balaban J connectivity index is 0.000000201. The van der Waals surface area contributed by atoms with E-state index in [0.29, 0.717) is 12.1 Å². The molecule has 0 aromatic heterocycles. The minimum Gasteiger partial charge on any atom is -0.253 e. The summed E-state index contributed by atoms with van der Waals surface area (Å²) < 4.78 is 104. The number of hydrogen-bond donors (Lipinski definition) is 0. The van der Waals surface area contributed by atoms with Gasteiger partial charge >= 0.3 is 0 Å². The molecule has 0 bridgehead atoms. The first-order chi connectivity index (χ1) is 17.1. The molecule has 4 aromatic carbocycles. The molecular formula is C26H14F8N2. The highest BCUT2D eigenvalue weighted by Crippen LogP contribution is 2.21. The van der Waals surface area contributed by atoms with Crippen LogP contribution in [0.15, 0.2) is 82.8 Å². The maximum absolute atomic E-state index is 13.2. The van der Waals surface area contributed by atoms with Crippen LogP contribution in [0.1, 0.15) is 11.1 Å². The minimum absolute atomic E-state index is 0.121. The van der Waals surface area contributed by atoms with Crippen molar-refractivity contribution in [3.8, 4) is 0 Å². The van der Waals surface area contributed by atoms with E-state index in [0.717, 1.165) is 48.8 Å². The van der Waals surface area contributed by atoms with Crippen molar-refractivity contribution < 1.29 is 35.1 Å². The van der Waals surface area contributed by atoms with E-state index in [4.69, 9.17) is 0 Å². The van der Waals surface area contributed by atoms with E-state index in [9.17, 15) is 35.1 Å². The van der Waals surface area contributed by atoms with Gasteiger partial charge in [0.2, 0.25) is 0 Å². The summed E-state index contributed by atoms with van der Waals surface area (Å²) >= 11 is 0. The summed E-state index contributed by atoms with van der Waals surface area (Å²) in [7, 11) is 0. The van der Waals surface area contributed by atoms with Crippen molar-refractivity contribution in [1.82, 2.24) is 0 Å². The number of rotatable bonds is 4. The van der Waals surface area contributed by atoms with E-state index in [-0.39, 0.29) is 22.5 Å². The van der Waals surface area contributed by atoms with Crippen molar-refractivity contribution in [2.45, 2.75) is 0 Å². The maximum atomic E-state index is 13.2. The fraction of sp³-hybridized carbons (Fsp3) is 0. The van der Waals surface area contributed by atoms with Crippen LogP contribution >= 0.6 is 0 Å². The van der Waals surface area contributed by atoms with E-state index in [1.165, 1.54) is 24.3 Å². The number of nitrogens with zero attached hydrogens (tertiary/aromatic N) is 2. The smallest absolute Gasteiger partial charge is 0.184 e. The summed E-state index contributed by atoms with van der Waals surface area (Å²) in [5.74, 6) is -7.35. The average Bonchev–Trinajstić information content (AvgIpc) is 2.80. The zero-order valence-electron chi connectivity index (χ0n) is 18.0. The van der Waals surface area contributed by atoms with Crippen LogP contribution in [0.4, 0.5) is 46.5 Å². The zero-order chi connectivity index (χ0) is 26.2. The van der Waals surface area contributed by atoms with Crippen molar-refractivity contribution in [2.75, 3.05) is 0 Å². The Morgan fingerprint density at radius 2 is 0.778 bits per heavy atom. The summed E-state index contributed by atoms with van der Waals surface area (Å²) in [6.07, 6.45) is 2.12. The molecule has 0 saturated carbocycles. The molecule has 0 fully saturated rings. The second kappa shape index (κ2) is 11.9.